The van der Waals surface area contributed by atoms with Crippen molar-refractivity contribution in [2.75, 3.05) is 39.3 Å². The Bertz CT molecular complexity index is 237. The highest BCUT2D eigenvalue weighted by molar-refractivity contribution is 7.70. The number of rotatable bonds is 9. The molecule has 0 aromatic heterocycles. The Hall–Kier alpha value is 0.580. The van der Waals surface area contributed by atoms with E-state index in [-0.39, 0.29) is 17.0 Å². The van der Waals surface area contributed by atoms with Crippen LogP contribution in [0.1, 0.15) is 41.5 Å². The average molecular weight is 396 g/mol. The number of halogens is 4. The van der Waals surface area contributed by atoms with Gasteiger partial charge in [0.25, 0.3) is 0 Å². The van der Waals surface area contributed by atoms with Gasteiger partial charge in [0, 0.05) is 39.3 Å². The number of alkyl halides is 3. The zero-order valence-electron chi connectivity index (χ0n) is 14.0. The predicted octanol–water partition coefficient (Wildman–Crippen LogP) is 1.30. The van der Waals surface area contributed by atoms with E-state index in [0.29, 0.717) is 39.3 Å². The van der Waals surface area contributed by atoms with E-state index in [1.54, 1.807) is 14.0 Å². The number of hydrogen-bond donors (Lipinski definition) is 0. The fourth-order valence-corrected chi connectivity index (χ4v) is 7.27. The second-order valence-electron chi connectivity index (χ2n) is 4.45. The van der Waals surface area contributed by atoms with Gasteiger partial charge in [0.05, 0.1) is 0 Å². The first kappa shape index (κ1) is 23.8. The highest BCUT2D eigenvalue weighted by Crippen LogP contribution is 2.77. The molecule has 0 spiro atoms. The Morgan fingerprint density at radius 1 is 0.619 bits per heavy atom. The van der Waals surface area contributed by atoms with Gasteiger partial charge in [-0.05, 0) is 41.5 Å². The van der Waals surface area contributed by atoms with E-state index in [0.717, 1.165) is 0 Å². The molecule has 3 nitrogen and oxygen atoms in total. The molecule has 0 atom stereocenters. The summed E-state index contributed by atoms with van der Waals surface area (Å²) < 4.78 is 47.4. The minimum absolute atomic E-state index is 0. The second-order valence-corrected chi connectivity index (χ2v) is 7.79. The van der Waals surface area contributed by atoms with Crippen molar-refractivity contribution in [2.24, 2.45) is 0 Å². The fraction of sp³-hybridized carbons (Fsp3) is 1.00. The van der Waals surface area contributed by atoms with Crippen LogP contribution >= 0.6 is 7.71 Å². The summed E-state index contributed by atoms with van der Waals surface area (Å²) in [6.07, 6.45) is 0. The largest absolute Gasteiger partial charge is 1.00 e. The predicted molar refractivity (Wildman–Crippen MR) is 81.7 cm³/mol. The van der Waals surface area contributed by atoms with Crippen molar-refractivity contribution in [1.82, 2.24) is 14.0 Å². The molecule has 0 aliphatic carbocycles. The quantitative estimate of drug-likeness (QED) is 0.544. The summed E-state index contributed by atoms with van der Waals surface area (Å²) in [4.78, 5) is 0. The van der Waals surface area contributed by atoms with E-state index in [1.165, 1.54) is 0 Å². The Labute approximate surface area is 139 Å². The van der Waals surface area contributed by atoms with Crippen molar-refractivity contribution in [3.63, 3.8) is 0 Å². The third kappa shape index (κ3) is 4.54. The Morgan fingerprint density at radius 2 is 0.810 bits per heavy atom. The van der Waals surface area contributed by atoms with Crippen molar-refractivity contribution in [3.05, 3.63) is 0 Å². The summed E-state index contributed by atoms with van der Waals surface area (Å²) in [6.45, 7) is 13.4. The number of hydrogen-bond acceptors (Lipinski definition) is 3. The van der Waals surface area contributed by atoms with Crippen LogP contribution in [0.25, 0.3) is 0 Å². The van der Waals surface area contributed by atoms with Gasteiger partial charge >= 0.3 is 13.6 Å². The van der Waals surface area contributed by atoms with Crippen LogP contribution in [0, 0.1) is 0 Å². The van der Waals surface area contributed by atoms with Crippen LogP contribution in [0.3, 0.4) is 0 Å². The summed E-state index contributed by atoms with van der Waals surface area (Å²) in [5.41, 5.74) is 0. The summed E-state index contributed by atoms with van der Waals surface area (Å²) in [5.74, 6) is -4.23. The molecule has 0 rings (SSSR count). The van der Waals surface area contributed by atoms with Gasteiger partial charge in [-0.3, -0.25) is 0 Å². The lowest BCUT2D eigenvalue weighted by atomic mass is 10.7. The summed E-state index contributed by atoms with van der Waals surface area (Å²) >= 11 is 0. The van der Waals surface area contributed by atoms with Gasteiger partial charge < -0.3 is 17.0 Å². The molecule has 0 radical (unpaired) electrons. The molecule has 0 unspecified atom stereocenters. The van der Waals surface area contributed by atoms with Crippen LogP contribution in [-0.4, -0.2) is 59.2 Å². The average Bonchev–Trinajstić information content (AvgIpc) is 2.40. The molecule has 0 aromatic carbocycles. The highest BCUT2D eigenvalue weighted by Gasteiger charge is 2.74. The van der Waals surface area contributed by atoms with Gasteiger partial charge in [0.15, 0.2) is 0 Å². The van der Waals surface area contributed by atoms with Crippen LogP contribution in [-0.2, 0) is 0 Å². The molecule has 0 aliphatic heterocycles. The molecule has 0 heterocycles. The van der Waals surface area contributed by atoms with Crippen LogP contribution in [0.5, 0.6) is 0 Å². The summed E-state index contributed by atoms with van der Waals surface area (Å²) in [5, 5.41) is 0. The molecule has 130 valence electrons. The zero-order valence-corrected chi connectivity index (χ0v) is 16.5. The lowest BCUT2D eigenvalue weighted by Crippen LogP contribution is -3.00. The van der Waals surface area contributed by atoms with Gasteiger partial charge in [-0.2, -0.15) is 0 Å². The summed E-state index contributed by atoms with van der Waals surface area (Å²) in [6, 6.07) is 0. The molecule has 0 fully saturated rings. The van der Waals surface area contributed by atoms with Crippen LogP contribution in [0.15, 0.2) is 0 Å². The van der Waals surface area contributed by atoms with Gasteiger partial charge in [0.2, 0.25) is 0 Å². The zero-order chi connectivity index (χ0) is 16.0. The standard InChI is InChI=1S/C13H30F3N3P.BrH/c1-7-17(8-2)20(13(14,15)16,18(9-3)10-4)19(11-5)12-6;/h7-12H2,1-6H3;1H/q+1;/p-1. The highest BCUT2D eigenvalue weighted by atomic mass is 79.9. The first-order valence-corrected chi connectivity index (χ1v) is 9.18. The first-order valence-electron chi connectivity index (χ1n) is 7.53. The molecule has 0 aliphatic rings. The van der Waals surface area contributed by atoms with E-state index in [1.807, 2.05) is 41.5 Å². The molecule has 0 saturated heterocycles. The van der Waals surface area contributed by atoms with Crippen molar-refractivity contribution in [2.45, 2.75) is 47.5 Å². The van der Waals surface area contributed by atoms with Gasteiger partial charge in [-0.15, -0.1) is 27.2 Å². The minimum atomic E-state index is -4.23. The smallest absolute Gasteiger partial charge is 0.561 e. The van der Waals surface area contributed by atoms with Crippen LogP contribution < -0.4 is 17.0 Å². The maximum Gasteiger partial charge on any atom is 0.561 e. The molecule has 0 bridgehead atoms. The third-order valence-corrected chi connectivity index (χ3v) is 8.46. The monoisotopic (exact) mass is 395 g/mol. The number of nitrogens with zero attached hydrogens (tertiary/aromatic N) is 3. The van der Waals surface area contributed by atoms with Crippen molar-refractivity contribution in [3.8, 4) is 0 Å². The van der Waals surface area contributed by atoms with Crippen LogP contribution in [0.4, 0.5) is 13.2 Å². The summed E-state index contributed by atoms with van der Waals surface area (Å²) in [7, 11) is -3.51. The molecule has 0 aromatic rings. The molecule has 0 amide bonds. The van der Waals surface area contributed by atoms with Gasteiger partial charge in [0.1, 0.15) is 0 Å². The minimum Gasteiger partial charge on any atom is -1.00 e. The Balaban J connectivity index is 0. The lowest BCUT2D eigenvalue weighted by molar-refractivity contribution is -0.0633. The third-order valence-electron chi connectivity index (χ3n) is 3.71. The van der Waals surface area contributed by atoms with E-state index in [4.69, 9.17) is 0 Å². The molecule has 21 heavy (non-hydrogen) atoms. The topological polar surface area (TPSA) is 9.72 Å². The molecule has 8 heteroatoms. The van der Waals surface area contributed by atoms with Crippen molar-refractivity contribution < 1.29 is 30.2 Å². The maximum atomic E-state index is 14.2. The molecular formula is C13H30BrF3N3P. The molecule has 0 saturated carbocycles. The van der Waals surface area contributed by atoms with E-state index in [2.05, 4.69) is 0 Å². The SMILES string of the molecule is CCN(CC)[P+](N(CC)CC)(N(CC)CC)C(F)(F)F.[Br-]. The normalized spacial score (nSPS) is 13.1. The molecule has 0 N–H and O–H groups in total. The Morgan fingerprint density at radius 3 is 0.905 bits per heavy atom. The maximum absolute atomic E-state index is 14.2. The first-order chi connectivity index (χ1) is 9.31. The van der Waals surface area contributed by atoms with E-state index < -0.39 is 13.6 Å². The van der Waals surface area contributed by atoms with Crippen molar-refractivity contribution in [1.29, 1.82) is 0 Å². The van der Waals surface area contributed by atoms with E-state index in [9.17, 15) is 13.2 Å². The second kappa shape index (κ2) is 10.4. The van der Waals surface area contributed by atoms with Crippen molar-refractivity contribution >= 4 is 7.71 Å². The van der Waals surface area contributed by atoms with Crippen LogP contribution in [0.2, 0.25) is 0 Å². The Kier molecular flexibility index (Phi) is 11.8. The van der Waals surface area contributed by atoms with Gasteiger partial charge in [-0.25, -0.2) is 0 Å². The fourth-order valence-electron chi connectivity index (χ4n) is 2.87. The van der Waals surface area contributed by atoms with Gasteiger partial charge in [-0.1, -0.05) is 0 Å². The van der Waals surface area contributed by atoms with E-state index >= 15 is 0 Å². The lowest BCUT2D eigenvalue weighted by Gasteiger charge is -2.45. The molecular weight excluding hydrogens is 366 g/mol.